The van der Waals surface area contributed by atoms with Crippen LogP contribution in [0.4, 0.5) is 5.69 Å². The Balaban J connectivity index is 2.46. The van der Waals surface area contributed by atoms with Gasteiger partial charge in [0.05, 0.1) is 5.69 Å². The quantitative estimate of drug-likeness (QED) is 0.727. The van der Waals surface area contributed by atoms with Crippen LogP contribution in [0.2, 0.25) is 0 Å². The molecule has 0 bridgehead atoms. The van der Waals surface area contributed by atoms with Crippen LogP contribution in [0.25, 0.3) is 0 Å². The predicted molar refractivity (Wildman–Crippen MR) is 63.0 cm³/mol. The average molecular weight is 201 g/mol. The highest BCUT2D eigenvalue weighted by atomic mass is 16.5. The summed E-state index contributed by atoms with van der Waals surface area (Å²) in [7, 11) is 0. The van der Waals surface area contributed by atoms with Crippen molar-refractivity contribution in [2.24, 2.45) is 0 Å². The molecule has 2 heteroatoms. The third-order valence-electron chi connectivity index (χ3n) is 2.35. The van der Waals surface area contributed by atoms with Crippen LogP contribution in [-0.2, 0) is 0 Å². The number of anilines is 1. The summed E-state index contributed by atoms with van der Waals surface area (Å²) in [4.78, 5) is 2.16. The molecule has 1 heterocycles. The Morgan fingerprint density at radius 3 is 2.73 bits per heavy atom. The highest BCUT2D eigenvalue weighted by Gasteiger charge is 2.27. The fourth-order valence-corrected chi connectivity index (χ4v) is 1.77. The maximum Gasteiger partial charge on any atom is 0.200 e. The van der Waals surface area contributed by atoms with Gasteiger partial charge >= 0.3 is 0 Å². The smallest absolute Gasteiger partial charge is 0.200 e. The molecule has 1 aromatic carbocycles. The van der Waals surface area contributed by atoms with E-state index in [0.717, 1.165) is 17.3 Å². The molecule has 0 aromatic heterocycles. The van der Waals surface area contributed by atoms with Crippen molar-refractivity contribution < 1.29 is 4.74 Å². The molecule has 1 aromatic rings. The topological polar surface area (TPSA) is 12.5 Å². The molecule has 0 aliphatic carbocycles. The van der Waals surface area contributed by atoms with Gasteiger partial charge in [0, 0.05) is 6.04 Å². The number of fused-ring (bicyclic) bond motifs is 1. The van der Waals surface area contributed by atoms with Crippen molar-refractivity contribution in [3.8, 4) is 5.75 Å². The molecule has 0 radical (unpaired) electrons. The molecule has 0 saturated heterocycles. The minimum Gasteiger partial charge on any atom is -0.439 e. The number of para-hydroxylation sites is 2. The Kier molecular flexibility index (Phi) is 2.50. The molecule has 78 valence electrons. The van der Waals surface area contributed by atoms with Crippen LogP contribution in [0.3, 0.4) is 0 Å². The van der Waals surface area contributed by atoms with Gasteiger partial charge in [0.15, 0.2) is 5.75 Å². The van der Waals surface area contributed by atoms with E-state index in [2.05, 4.69) is 31.4 Å². The van der Waals surface area contributed by atoms with Gasteiger partial charge in [-0.2, -0.15) is 0 Å². The molecule has 15 heavy (non-hydrogen) atoms. The van der Waals surface area contributed by atoms with Crippen LogP contribution in [0.1, 0.15) is 13.8 Å². The molecule has 2 nitrogen and oxygen atoms in total. The third kappa shape index (κ3) is 1.63. The van der Waals surface area contributed by atoms with Crippen molar-refractivity contribution in [1.29, 1.82) is 0 Å². The van der Waals surface area contributed by atoms with E-state index in [9.17, 15) is 0 Å². The van der Waals surface area contributed by atoms with E-state index in [1.165, 1.54) is 0 Å². The Hall–Kier alpha value is -1.70. The summed E-state index contributed by atoms with van der Waals surface area (Å²) in [5, 5.41) is 0. The fourth-order valence-electron chi connectivity index (χ4n) is 1.77. The lowest BCUT2D eigenvalue weighted by atomic mass is 10.2. The first kappa shape index (κ1) is 9.84. The maximum atomic E-state index is 5.74. The summed E-state index contributed by atoms with van der Waals surface area (Å²) >= 11 is 0. The molecule has 0 spiro atoms. The Morgan fingerprint density at radius 2 is 2.07 bits per heavy atom. The van der Waals surface area contributed by atoms with Crippen LogP contribution in [-0.4, -0.2) is 6.04 Å². The van der Waals surface area contributed by atoms with Gasteiger partial charge in [-0.05, 0) is 32.1 Å². The summed E-state index contributed by atoms with van der Waals surface area (Å²) in [6.07, 6.45) is 3.64. The minimum atomic E-state index is 0.375. The van der Waals surface area contributed by atoms with Crippen molar-refractivity contribution in [1.82, 2.24) is 0 Å². The summed E-state index contributed by atoms with van der Waals surface area (Å²) in [6.45, 7) is 7.98. The fraction of sp³-hybridized carbons (Fsp3) is 0.231. The molecule has 1 aliphatic heterocycles. The van der Waals surface area contributed by atoms with Crippen LogP contribution in [0.5, 0.6) is 5.75 Å². The molecular formula is C13H15NO. The SMILES string of the molecule is C=C/C=C1\Oc2ccccc2N1C(C)C. The van der Waals surface area contributed by atoms with Crippen molar-refractivity contribution in [3.63, 3.8) is 0 Å². The lowest BCUT2D eigenvalue weighted by molar-refractivity contribution is 0.431. The van der Waals surface area contributed by atoms with Gasteiger partial charge in [-0.3, -0.25) is 0 Å². The van der Waals surface area contributed by atoms with E-state index in [4.69, 9.17) is 4.74 Å². The van der Waals surface area contributed by atoms with Crippen LogP contribution >= 0.6 is 0 Å². The second-order valence-electron chi connectivity index (χ2n) is 3.77. The van der Waals surface area contributed by atoms with Crippen LogP contribution < -0.4 is 9.64 Å². The lowest BCUT2D eigenvalue weighted by Gasteiger charge is -2.22. The predicted octanol–water partition coefficient (Wildman–Crippen LogP) is 3.32. The zero-order valence-corrected chi connectivity index (χ0v) is 9.10. The van der Waals surface area contributed by atoms with Crippen LogP contribution in [0.15, 0.2) is 48.9 Å². The molecule has 0 unspecified atom stereocenters. The number of ether oxygens (including phenoxy) is 1. The lowest BCUT2D eigenvalue weighted by Crippen LogP contribution is -2.27. The van der Waals surface area contributed by atoms with E-state index in [1.807, 2.05) is 24.3 Å². The minimum absolute atomic E-state index is 0.375. The van der Waals surface area contributed by atoms with Gasteiger partial charge in [-0.1, -0.05) is 24.8 Å². The number of benzene rings is 1. The summed E-state index contributed by atoms with van der Waals surface area (Å²) in [6, 6.07) is 8.43. The number of allylic oxidation sites excluding steroid dienone is 2. The van der Waals surface area contributed by atoms with Gasteiger partial charge in [0.1, 0.15) is 0 Å². The van der Waals surface area contributed by atoms with Crippen LogP contribution in [0, 0.1) is 0 Å². The highest BCUT2D eigenvalue weighted by Crippen LogP contribution is 2.39. The highest BCUT2D eigenvalue weighted by molar-refractivity contribution is 5.67. The molecule has 0 N–H and O–H groups in total. The standard InChI is InChI=1S/C13H15NO/c1-4-7-13-14(10(2)3)11-8-5-6-9-12(11)15-13/h4-10H,1H2,2-3H3/b13-7-. The molecular weight excluding hydrogens is 186 g/mol. The zero-order chi connectivity index (χ0) is 10.8. The molecule has 2 rings (SSSR count). The van der Waals surface area contributed by atoms with Gasteiger partial charge in [-0.25, -0.2) is 0 Å². The molecule has 0 saturated carbocycles. The zero-order valence-electron chi connectivity index (χ0n) is 9.10. The van der Waals surface area contributed by atoms with Gasteiger partial charge in [0.2, 0.25) is 5.88 Å². The number of hydrogen-bond donors (Lipinski definition) is 0. The summed E-state index contributed by atoms with van der Waals surface area (Å²) in [5.74, 6) is 1.76. The van der Waals surface area contributed by atoms with Crippen molar-refractivity contribution in [2.75, 3.05) is 4.90 Å². The Labute approximate surface area is 90.5 Å². The Bertz CT molecular complexity index is 407. The van der Waals surface area contributed by atoms with E-state index < -0.39 is 0 Å². The average Bonchev–Trinajstić information content (AvgIpc) is 2.56. The molecule has 1 aliphatic rings. The summed E-state index contributed by atoms with van der Waals surface area (Å²) in [5.41, 5.74) is 1.13. The molecule has 0 atom stereocenters. The normalized spacial score (nSPS) is 16.7. The van der Waals surface area contributed by atoms with Gasteiger partial charge in [-0.15, -0.1) is 0 Å². The first-order valence-corrected chi connectivity index (χ1v) is 5.13. The van der Waals surface area contributed by atoms with E-state index in [-0.39, 0.29) is 0 Å². The largest absolute Gasteiger partial charge is 0.439 e. The monoisotopic (exact) mass is 201 g/mol. The van der Waals surface area contributed by atoms with Gasteiger partial charge in [0.25, 0.3) is 0 Å². The number of rotatable bonds is 2. The number of nitrogens with zero attached hydrogens (tertiary/aromatic N) is 1. The summed E-state index contributed by atoms with van der Waals surface area (Å²) < 4.78 is 5.74. The van der Waals surface area contributed by atoms with Crippen molar-refractivity contribution >= 4 is 5.69 Å². The van der Waals surface area contributed by atoms with Crippen molar-refractivity contribution in [2.45, 2.75) is 19.9 Å². The second-order valence-corrected chi connectivity index (χ2v) is 3.77. The first-order chi connectivity index (χ1) is 7.24. The van der Waals surface area contributed by atoms with Gasteiger partial charge < -0.3 is 9.64 Å². The Morgan fingerprint density at radius 1 is 1.33 bits per heavy atom. The van der Waals surface area contributed by atoms with E-state index in [1.54, 1.807) is 6.08 Å². The third-order valence-corrected chi connectivity index (χ3v) is 2.35. The second kappa shape index (κ2) is 3.81. The molecule has 0 amide bonds. The van der Waals surface area contributed by atoms with E-state index >= 15 is 0 Å². The molecule has 0 fully saturated rings. The van der Waals surface area contributed by atoms with Crippen molar-refractivity contribution in [3.05, 3.63) is 48.9 Å². The number of hydrogen-bond acceptors (Lipinski definition) is 2. The van der Waals surface area contributed by atoms with E-state index in [0.29, 0.717) is 6.04 Å². The maximum absolute atomic E-state index is 5.74. The first-order valence-electron chi connectivity index (χ1n) is 5.13.